The molecule has 0 nitrogen and oxygen atoms in total. The van der Waals surface area contributed by atoms with E-state index < -0.39 is 5.96 Å². The monoisotopic (exact) mass is 378 g/mol. The van der Waals surface area contributed by atoms with Gasteiger partial charge in [-0.2, -0.15) is 0 Å². The predicted molar refractivity (Wildman–Crippen MR) is 120 cm³/mol. The van der Waals surface area contributed by atoms with Gasteiger partial charge in [0.15, 0.2) is 0 Å². The minimum absolute atomic E-state index is 1.32. The Morgan fingerprint density at radius 3 is 1.00 bits per heavy atom. The molecular weight excluding hydrogens is 331 g/mol. The Balaban J connectivity index is 4.86. The first-order chi connectivity index (χ1) is 11.5. The molecule has 0 atom stereocenters. The molecular formula is C22H48ClP. The SMILES string of the molecule is CCCCCCCP(Cl)(CCCCC)(CCCCC)CCCCC. The van der Waals surface area contributed by atoms with Crippen LogP contribution in [0, 0.1) is 0 Å². The summed E-state index contributed by atoms with van der Waals surface area (Å²) in [7, 11) is 0. The molecule has 0 spiro atoms. The topological polar surface area (TPSA) is 0 Å². The molecule has 0 bridgehead atoms. The van der Waals surface area contributed by atoms with E-state index >= 15 is 0 Å². The molecule has 0 aliphatic carbocycles. The molecule has 0 N–H and O–H groups in total. The van der Waals surface area contributed by atoms with E-state index in [0.717, 1.165) is 0 Å². The summed E-state index contributed by atoms with van der Waals surface area (Å²) < 4.78 is 0. The van der Waals surface area contributed by atoms with Gasteiger partial charge in [0.05, 0.1) is 0 Å². The molecule has 24 heavy (non-hydrogen) atoms. The van der Waals surface area contributed by atoms with Crippen molar-refractivity contribution in [3.05, 3.63) is 0 Å². The number of hydrogen-bond donors (Lipinski definition) is 0. The molecule has 0 aromatic rings. The Morgan fingerprint density at radius 1 is 0.417 bits per heavy atom. The first kappa shape index (κ1) is 24.7. The molecule has 0 radical (unpaired) electrons. The van der Waals surface area contributed by atoms with E-state index in [1.165, 1.54) is 115 Å². The number of unbranched alkanes of at least 4 members (excludes halogenated alkanes) is 10. The van der Waals surface area contributed by atoms with E-state index in [-0.39, 0.29) is 0 Å². The quantitative estimate of drug-likeness (QED) is 0.164. The number of hydrogen-bond acceptors (Lipinski definition) is 0. The van der Waals surface area contributed by atoms with Crippen molar-refractivity contribution in [2.75, 3.05) is 24.6 Å². The Labute approximate surface area is 159 Å². The zero-order valence-electron chi connectivity index (χ0n) is 17.6. The first-order valence-corrected chi connectivity index (χ1v) is 15.1. The average Bonchev–Trinajstić information content (AvgIpc) is 2.56. The van der Waals surface area contributed by atoms with E-state index in [1.54, 1.807) is 0 Å². The van der Waals surface area contributed by atoms with Crippen LogP contribution in [0.3, 0.4) is 0 Å². The molecule has 0 rings (SSSR count). The van der Waals surface area contributed by atoms with Crippen molar-refractivity contribution in [2.24, 2.45) is 0 Å². The van der Waals surface area contributed by atoms with E-state index in [4.69, 9.17) is 11.2 Å². The van der Waals surface area contributed by atoms with Crippen molar-refractivity contribution in [2.45, 2.75) is 118 Å². The minimum atomic E-state index is -1.98. The standard InChI is InChI=1S/C22H48ClP/c1-5-9-13-14-18-22-24(23,19-15-10-6-2,20-16-11-7-3)21-17-12-8-4/h5-22H2,1-4H3. The van der Waals surface area contributed by atoms with Gasteiger partial charge in [0, 0.05) is 0 Å². The van der Waals surface area contributed by atoms with Gasteiger partial charge in [0.2, 0.25) is 0 Å². The fourth-order valence-corrected chi connectivity index (χ4v) is 10.9. The summed E-state index contributed by atoms with van der Waals surface area (Å²) in [4.78, 5) is 0. The van der Waals surface area contributed by atoms with Crippen LogP contribution in [0.4, 0.5) is 0 Å². The van der Waals surface area contributed by atoms with E-state index in [9.17, 15) is 0 Å². The summed E-state index contributed by atoms with van der Waals surface area (Å²) in [5.74, 6) is -1.98. The Hall–Kier alpha value is 0.720. The molecule has 0 aliphatic heterocycles. The Kier molecular flexibility index (Phi) is 15.3. The molecule has 0 amide bonds. The summed E-state index contributed by atoms with van der Waals surface area (Å²) in [5, 5.41) is 0. The van der Waals surface area contributed by atoms with Gasteiger partial charge in [-0.3, -0.25) is 0 Å². The van der Waals surface area contributed by atoms with Crippen molar-refractivity contribution in [1.82, 2.24) is 0 Å². The van der Waals surface area contributed by atoms with Crippen molar-refractivity contribution < 1.29 is 0 Å². The van der Waals surface area contributed by atoms with E-state index in [2.05, 4.69) is 27.7 Å². The average molecular weight is 379 g/mol. The van der Waals surface area contributed by atoms with Gasteiger partial charge < -0.3 is 0 Å². The molecule has 0 saturated heterocycles. The van der Waals surface area contributed by atoms with Crippen LogP contribution in [0.2, 0.25) is 0 Å². The maximum atomic E-state index is 7.75. The molecule has 148 valence electrons. The van der Waals surface area contributed by atoms with Crippen LogP contribution in [-0.4, -0.2) is 24.6 Å². The third kappa shape index (κ3) is 11.4. The zero-order chi connectivity index (χ0) is 18.2. The summed E-state index contributed by atoms with van der Waals surface area (Å²) in [6.45, 7) is 9.27. The van der Waals surface area contributed by atoms with E-state index in [0.29, 0.717) is 0 Å². The molecule has 0 aliphatic rings. The summed E-state index contributed by atoms with van der Waals surface area (Å²) in [5.41, 5.74) is 0. The molecule has 2 heteroatoms. The molecule has 0 saturated carbocycles. The second kappa shape index (κ2) is 14.8. The van der Waals surface area contributed by atoms with Crippen LogP contribution >= 0.6 is 17.2 Å². The Bertz CT molecular complexity index is 248. The van der Waals surface area contributed by atoms with Crippen molar-refractivity contribution in [3.8, 4) is 0 Å². The third-order valence-electron chi connectivity index (χ3n) is 5.78. The van der Waals surface area contributed by atoms with Gasteiger partial charge in [-0.25, -0.2) is 0 Å². The van der Waals surface area contributed by atoms with Gasteiger partial charge in [-0.1, -0.05) is 0 Å². The normalized spacial score (nSPS) is 13.8. The summed E-state index contributed by atoms with van der Waals surface area (Å²) in [6, 6.07) is 0. The van der Waals surface area contributed by atoms with Crippen LogP contribution in [0.1, 0.15) is 118 Å². The van der Waals surface area contributed by atoms with Gasteiger partial charge in [-0.05, 0) is 0 Å². The third-order valence-corrected chi connectivity index (χ3v) is 13.5. The predicted octanol–water partition coefficient (Wildman–Crippen LogP) is 9.23. The molecule has 0 aromatic heterocycles. The second-order valence-electron chi connectivity index (χ2n) is 8.25. The van der Waals surface area contributed by atoms with E-state index in [1.807, 2.05) is 0 Å². The van der Waals surface area contributed by atoms with Gasteiger partial charge >= 0.3 is 159 Å². The fourth-order valence-electron chi connectivity index (χ4n) is 4.05. The van der Waals surface area contributed by atoms with Crippen molar-refractivity contribution >= 4 is 17.2 Å². The first-order valence-electron chi connectivity index (χ1n) is 11.3. The van der Waals surface area contributed by atoms with Gasteiger partial charge in [0.1, 0.15) is 0 Å². The molecule has 0 aromatic carbocycles. The Morgan fingerprint density at radius 2 is 0.667 bits per heavy atom. The second-order valence-corrected chi connectivity index (χ2v) is 16.5. The van der Waals surface area contributed by atoms with Crippen molar-refractivity contribution in [3.63, 3.8) is 0 Å². The van der Waals surface area contributed by atoms with Gasteiger partial charge in [-0.15, -0.1) is 0 Å². The summed E-state index contributed by atoms with van der Waals surface area (Å²) >= 11 is 7.75. The fraction of sp³-hybridized carbons (Fsp3) is 1.00. The maximum absolute atomic E-state index is 7.75. The van der Waals surface area contributed by atoms with Crippen LogP contribution < -0.4 is 0 Å². The van der Waals surface area contributed by atoms with Gasteiger partial charge in [0.25, 0.3) is 0 Å². The van der Waals surface area contributed by atoms with Crippen LogP contribution in [0.25, 0.3) is 0 Å². The van der Waals surface area contributed by atoms with Crippen LogP contribution in [0.5, 0.6) is 0 Å². The summed E-state index contributed by atoms with van der Waals surface area (Å²) in [6.07, 6.45) is 24.7. The van der Waals surface area contributed by atoms with Crippen LogP contribution in [0.15, 0.2) is 0 Å². The van der Waals surface area contributed by atoms with Crippen LogP contribution in [-0.2, 0) is 0 Å². The number of rotatable bonds is 18. The molecule has 0 fully saturated rings. The molecule has 0 unspecified atom stereocenters. The number of halogens is 1. The molecule has 0 heterocycles. The zero-order valence-corrected chi connectivity index (χ0v) is 19.2. The van der Waals surface area contributed by atoms with Crippen molar-refractivity contribution in [1.29, 1.82) is 0 Å².